The minimum absolute atomic E-state index is 0.143. The Bertz CT molecular complexity index is 431. The summed E-state index contributed by atoms with van der Waals surface area (Å²) in [6.07, 6.45) is 1.10. The predicted molar refractivity (Wildman–Crippen MR) is 74.3 cm³/mol. The Balaban J connectivity index is 2.02. The summed E-state index contributed by atoms with van der Waals surface area (Å²) in [5.74, 6) is 0.143. The van der Waals surface area contributed by atoms with E-state index in [0.717, 1.165) is 38.3 Å². The van der Waals surface area contributed by atoms with Crippen molar-refractivity contribution in [3.8, 4) is 0 Å². The van der Waals surface area contributed by atoms with Crippen molar-refractivity contribution in [2.45, 2.75) is 25.9 Å². The molecule has 1 heterocycles. The molecule has 1 saturated heterocycles. The molecule has 1 fully saturated rings. The third-order valence-electron chi connectivity index (χ3n) is 3.56. The highest BCUT2D eigenvalue weighted by Crippen LogP contribution is 2.15. The Labute approximate surface area is 113 Å². The van der Waals surface area contributed by atoms with Gasteiger partial charge in [-0.2, -0.15) is 0 Å². The second-order valence-corrected chi connectivity index (χ2v) is 4.79. The maximum atomic E-state index is 8.63. The molecule has 0 bridgehead atoms. The second kappa shape index (κ2) is 6.54. The zero-order valence-corrected chi connectivity index (χ0v) is 11.2. The van der Waals surface area contributed by atoms with Gasteiger partial charge in [-0.25, -0.2) is 0 Å². The molecule has 0 amide bonds. The first-order valence-corrected chi connectivity index (χ1v) is 6.63. The minimum Gasteiger partial charge on any atom is -0.409 e. The van der Waals surface area contributed by atoms with Crippen molar-refractivity contribution < 1.29 is 9.94 Å². The smallest absolute Gasteiger partial charge is 0.170 e. The summed E-state index contributed by atoms with van der Waals surface area (Å²) >= 11 is 0. The molecule has 0 saturated carbocycles. The van der Waals surface area contributed by atoms with E-state index in [0.29, 0.717) is 6.04 Å². The molecule has 1 atom stereocenters. The normalized spacial score (nSPS) is 21.5. The van der Waals surface area contributed by atoms with Crippen LogP contribution in [0.4, 0.5) is 0 Å². The van der Waals surface area contributed by atoms with Gasteiger partial charge in [-0.05, 0) is 12.0 Å². The Morgan fingerprint density at radius 3 is 2.84 bits per heavy atom. The number of morpholine rings is 1. The number of nitrogens with zero attached hydrogens (tertiary/aromatic N) is 2. The molecule has 1 aliphatic rings. The third kappa shape index (κ3) is 3.45. The molecule has 19 heavy (non-hydrogen) atoms. The molecule has 0 spiro atoms. The third-order valence-corrected chi connectivity index (χ3v) is 3.56. The summed E-state index contributed by atoms with van der Waals surface area (Å²) in [5, 5.41) is 11.6. The van der Waals surface area contributed by atoms with E-state index in [4.69, 9.17) is 15.7 Å². The molecule has 5 heteroatoms. The van der Waals surface area contributed by atoms with Gasteiger partial charge in [0.2, 0.25) is 0 Å². The van der Waals surface area contributed by atoms with Crippen LogP contribution in [0.15, 0.2) is 29.4 Å². The van der Waals surface area contributed by atoms with Gasteiger partial charge in [0.15, 0.2) is 5.84 Å². The lowest BCUT2D eigenvalue weighted by Crippen LogP contribution is -2.44. The van der Waals surface area contributed by atoms with Crippen LogP contribution in [0, 0.1) is 0 Å². The first-order chi connectivity index (χ1) is 9.24. The summed E-state index contributed by atoms with van der Waals surface area (Å²) < 4.78 is 5.50. The summed E-state index contributed by atoms with van der Waals surface area (Å²) in [4.78, 5) is 2.45. The molecular formula is C14H21N3O2. The van der Waals surface area contributed by atoms with Crippen molar-refractivity contribution in [2.75, 3.05) is 19.8 Å². The molecule has 1 aliphatic heterocycles. The van der Waals surface area contributed by atoms with Crippen LogP contribution in [0.3, 0.4) is 0 Å². The summed E-state index contributed by atoms with van der Waals surface area (Å²) in [5.41, 5.74) is 7.51. The van der Waals surface area contributed by atoms with Crippen molar-refractivity contribution in [1.29, 1.82) is 0 Å². The average Bonchev–Trinajstić information content (AvgIpc) is 2.48. The molecule has 1 unspecified atom stereocenters. The maximum absolute atomic E-state index is 8.63. The fourth-order valence-electron chi connectivity index (χ4n) is 2.35. The number of nitrogens with two attached hydrogens (primary N) is 1. The van der Waals surface area contributed by atoms with Crippen LogP contribution in [0.1, 0.15) is 24.5 Å². The van der Waals surface area contributed by atoms with Gasteiger partial charge in [0.25, 0.3) is 0 Å². The highest BCUT2D eigenvalue weighted by atomic mass is 16.5. The van der Waals surface area contributed by atoms with Crippen molar-refractivity contribution in [3.05, 3.63) is 35.4 Å². The van der Waals surface area contributed by atoms with Crippen LogP contribution in [-0.4, -0.2) is 41.7 Å². The van der Waals surface area contributed by atoms with E-state index in [9.17, 15) is 0 Å². The fraction of sp³-hybridized carbons (Fsp3) is 0.500. The van der Waals surface area contributed by atoms with Crippen molar-refractivity contribution >= 4 is 5.84 Å². The standard InChI is InChI=1S/C14H21N3O2/c1-2-13-10-19-8-7-17(13)9-11-3-5-12(6-4-11)14(15)16-18/h3-6,13,18H,2,7-10H2,1H3,(H2,15,16). The van der Waals surface area contributed by atoms with Gasteiger partial charge in [-0.15, -0.1) is 0 Å². The highest BCUT2D eigenvalue weighted by Gasteiger charge is 2.21. The lowest BCUT2D eigenvalue weighted by atomic mass is 10.1. The Morgan fingerprint density at radius 1 is 1.47 bits per heavy atom. The molecule has 5 nitrogen and oxygen atoms in total. The number of oxime groups is 1. The average molecular weight is 263 g/mol. The van der Waals surface area contributed by atoms with Crippen LogP contribution in [0.2, 0.25) is 0 Å². The molecule has 0 aliphatic carbocycles. The van der Waals surface area contributed by atoms with E-state index >= 15 is 0 Å². The van der Waals surface area contributed by atoms with Crippen molar-refractivity contribution in [3.63, 3.8) is 0 Å². The van der Waals surface area contributed by atoms with Gasteiger partial charge in [-0.3, -0.25) is 4.90 Å². The molecule has 3 N–H and O–H groups in total. The van der Waals surface area contributed by atoms with Crippen LogP contribution < -0.4 is 5.73 Å². The molecule has 2 rings (SSSR count). The zero-order chi connectivity index (χ0) is 13.7. The monoisotopic (exact) mass is 263 g/mol. The molecular weight excluding hydrogens is 242 g/mol. The van der Waals surface area contributed by atoms with E-state index in [1.165, 1.54) is 5.56 Å². The maximum Gasteiger partial charge on any atom is 0.170 e. The Hall–Kier alpha value is -1.59. The van der Waals surface area contributed by atoms with Crippen LogP contribution in [0.25, 0.3) is 0 Å². The quantitative estimate of drug-likeness (QED) is 0.373. The molecule has 0 radical (unpaired) electrons. The van der Waals surface area contributed by atoms with Crippen molar-refractivity contribution in [2.24, 2.45) is 10.9 Å². The zero-order valence-electron chi connectivity index (χ0n) is 11.2. The van der Waals surface area contributed by atoms with E-state index in [2.05, 4.69) is 17.0 Å². The lowest BCUT2D eigenvalue weighted by molar-refractivity contribution is -0.0127. The van der Waals surface area contributed by atoms with Gasteiger partial charge in [0.05, 0.1) is 13.2 Å². The van der Waals surface area contributed by atoms with E-state index < -0.39 is 0 Å². The van der Waals surface area contributed by atoms with Crippen LogP contribution in [0.5, 0.6) is 0 Å². The molecule has 1 aromatic rings. The topological polar surface area (TPSA) is 71.1 Å². The van der Waals surface area contributed by atoms with E-state index in [1.807, 2.05) is 24.3 Å². The predicted octanol–water partition coefficient (Wildman–Crippen LogP) is 1.39. The number of ether oxygens (including phenoxy) is 1. The van der Waals surface area contributed by atoms with E-state index in [-0.39, 0.29) is 5.84 Å². The van der Waals surface area contributed by atoms with Crippen LogP contribution in [-0.2, 0) is 11.3 Å². The summed E-state index contributed by atoms with van der Waals surface area (Å²) in [6.45, 7) is 5.70. The fourth-order valence-corrected chi connectivity index (χ4v) is 2.35. The lowest BCUT2D eigenvalue weighted by Gasteiger charge is -2.35. The first-order valence-electron chi connectivity index (χ1n) is 6.63. The Kier molecular flexibility index (Phi) is 4.76. The van der Waals surface area contributed by atoms with Crippen LogP contribution >= 0.6 is 0 Å². The summed E-state index contributed by atoms with van der Waals surface area (Å²) in [6, 6.07) is 8.31. The molecule has 0 aromatic heterocycles. The van der Waals surface area contributed by atoms with E-state index in [1.54, 1.807) is 0 Å². The summed E-state index contributed by atoms with van der Waals surface area (Å²) in [7, 11) is 0. The van der Waals surface area contributed by atoms with Gasteiger partial charge >= 0.3 is 0 Å². The SMILES string of the molecule is CCC1COCCN1Cc1ccc(/C(N)=N/O)cc1. The largest absolute Gasteiger partial charge is 0.409 e. The first kappa shape index (κ1) is 13.8. The number of hydrogen-bond donors (Lipinski definition) is 2. The number of rotatable bonds is 4. The van der Waals surface area contributed by atoms with Gasteiger partial charge in [0.1, 0.15) is 0 Å². The van der Waals surface area contributed by atoms with Crippen molar-refractivity contribution in [1.82, 2.24) is 4.90 Å². The second-order valence-electron chi connectivity index (χ2n) is 4.79. The number of hydrogen-bond acceptors (Lipinski definition) is 4. The van der Waals surface area contributed by atoms with Gasteiger partial charge < -0.3 is 15.7 Å². The van der Waals surface area contributed by atoms with Gasteiger partial charge in [-0.1, -0.05) is 36.3 Å². The molecule has 104 valence electrons. The highest BCUT2D eigenvalue weighted by molar-refractivity contribution is 5.96. The number of benzene rings is 1. The van der Waals surface area contributed by atoms with Gasteiger partial charge in [0, 0.05) is 24.7 Å². The molecule has 1 aromatic carbocycles. The minimum atomic E-state index is 0.143. The number of amidine groups is 1. The Morgan fingerprint density at radius 2 is 2.21 bits per heavy atom.